The van der Waals surface area contributed by atoms with Crippen molar-refractivity contribution in [3.63, 3.8) is 0 Å². The smallest absolute Gasteiger partial charge is 0.0240 e. The quantitative estimate of drug-likeness (QED) is 0.792. The van der Waals surface area contributed by atoms with Crippen LogP contribution in [0.4, 0.5) is 0 Å². The Hall–Kier alpha value is -0.0800. The second-order valence-corrected chi connectivity index (χ2v) is 6.76. The summed E-state index contributed by atoms with van der Waals surface area (Å²) in [6, 6.07) is 0.596. The van der Waals surface area contributed by atoms with Gasteiger partial charge in [0.1, 0.15) is 0 Å². The van der Waals surface area contributed by atoms with E-state index in [2.05, 4.69) is 51.9 Å². The van der Waals surface area contributed by atoms with Gasteiger partial charge in [-0.05, 0) is 37.3 Å². The van der Waals surface area contributed by atoms with Crippen molar-refractivity contribution in [3.05, 3.63) is 0 Å². The van der Waals surface area contributed by atoms with Crippen LogP contribution >= 0.6 is 0 Å². The van der Waals surface area contributed by atoms with Crippen LogP contribution in [0.25, 0.3) is 0 Å². The zero-order chi connectivity index (χ0) is 12.3. The number of hydrogen-bond acceptors (Lipinski definition) is 2. The van der Waals surface area contributed by atoms with Crippen LogP contribution in [0, 0.1) is 17.3 Å². The van der Waals surface area contributed by atoms with Gasteiger partial charge in [-0.3, -0.25) is 0 Å². The highest BCUT2D eigenvalue weighted by Gasteiger charge is 2.30. The van der Waals surface area contributed by atoms with Crippen molar-refractivity contribution >= 4 is 0 Å². The van der Waals surface area contributed by atoms with Crippen molar-refractivity contribution in [2.75, 3.05) is 26.7 Å². The number of likely N-dealkylation sites (tertiary alicyclic amines) is 1. The number of hydrogen-bond donors (Lipinski definition) is 1. The summed E-state index contributed by atoms with van der Waals surface area (Å²) in [4.78, 5) is 2.64. The summed E-state index contributed by atoms with van der Waals surface area (Å²) < 4.78 is 0. The van der Waals surface area contributed by atoms with Crippen LogP contribution in [0.5, 0.6) is 0 Å². The molecule has 0 bridgehead atoms. The maximum atomic E-state index is 3.47. The molecule has 1 N–H and O–H groups in total. The van der Waals surface area contributed by atoms with E-state index in [1.807, 2.05) is 0 Å². The standard InChI is InChI=1S/C14H30N2/c1-11(2)12-7-8-16(9-12)10-13(15-6)14(3,4)5/h11-13,15H,7-10H2,1-6H3. The van der Waals surface area contributed by atoms with Gasteiger partial charge in [0.2, 0.25) is 0 Å². The highest BCUT2D eigenvalue weighted by atomic mass is 15.2. The van der Waals surface area contributed by atoms with Crippen molar-refractivity contribution in [2.45, 2.75) is 47.1 Å². The summed E-state index contributed by atoms with van der Waals surface area (Å²) in [5, 5.41) is 3.47. The summed E-state index contributed by atoms with van der Waals surface area (Å²) >= 11 is 0. The van der Waals surface area contributed by atoms with E-state index < -0.39 is 0 Å². The van der Waals surface area contributed by atoms with E-state index in [-0.39, 0.29) is 0 Å². The fourth-order valence-electron chi connectivity index (χ4n) is 2.63. The molecule has 1 heterocycles. The topological polar surface area (TPSA) is 15.3 Å². The zero-order valence-electron chi connectivity index (χ0n) is 12.0. The van der Waals surface area contributed by atoms with Gasteiger partial charge in [-0.2, -0.15) is 0 Å². The summed E-state index contributed by atoms with van der Waals surface area (Å²) in [5.41, 5.74) is 0.352. The Labute approximate surface area is 102 Å². The molecule has 0 amide bonds. The van der Waals surface area contributed by atoms with E-state index in [1.165, 1.54) is 26.1 Å². The molecule has 0 aromatic rings. The molecule has 1 aliphatic heterocycles. The van der Waals surface area contributed by atoms with E-state index >= 15 is 0 Å². The van der Waals surface area contributed by atoms with Gasteiger partial charge >= 0.3 is 0 Å². The van der Waals surface area contributed by atoms with Crippen LogP contribution in [-0.2, 0) is 0 Å². The predicted molar refractivity (Wildman–Crippen MR) is 71.7 cm³/mol. The lowest BCUT2D eigenvalue weighted by atomic mass is 9.86. The summed E-state index contributed by atoms with van der Waals surface area (Å²) in [6.45, 7) is 15.5. The highest BCUT2D eigenvalue weighted by molar-refractivity contribution is 4.86. The van der Waals surface area contributed by atoms with Crippen LogP contribution in [0.1, 0.15) is 41.0 Å². The third-order valence-corrected chi connectivity index (χ3v) is 4.09. The Bertz CT molecular complexity index is 205. The van der Waals surface area contributed by atoms with Crippen LogP contribution in [0.15, 0.2) is 0 Å². The van der Waals surface area contributed by atoms with E-state index in [4.69, 9.17) is 0 Å². The molecule has 1 saturated heterocycles. The Balaban J connectivity index is 2.44. The van der Waals surface area contributed by atoms with E-state index in [0.29, 0.717) is 11.5 Å². The van der Waals surface area contributed by atoms with E-state index in [1.54, 1.807) is 0 Å². The SMILES string of the molecule is CNC(CN1CCC(C(C)C)C1)C(C)(C)C. The fraction of sp³-hybridized carbons (Fsp3) is 1.00. The van der Waals surface area contributed by atoms with Crippen LogP contribution in [0.3, 0.4) is 0 Å². The van der Waals surface area contributed by atoms with Gasteiger partial charge in [0, 0.05) is 19.1 Å². The minimum Gasteiger partial charge on any atom is -0.315 e. The average Bonchev–Trinajstić information content (AvgIpc) is 2.60. The van der Waals surface area contributed by atoms with Crippen molar-refractivity contribution in [1.29, 1.82) is 0 Å². The van der Waals surface area contributed by atoms with Gasteiger partial charge in [-0.25, -0.2) is 0 Å². The van der Waals surface area contributed by atoms with Gasteiger partial charge in [0.05, 0.1) is 0 Å². The Morgan fingerprint density at radius 1 is 1.31 bits per heavy atom. The lowest BCUT2D eigenvalue weighted by Gasteiger charge is -2.34. The van der Waals surface area contributed by atoms with Crippen LogP contribution in [-0.4, -0.2) is 37.6 Å². The lowest BCUT2D eigenvalue weighted by molar-refractivity contribution is 0.195. The molecule has 2 heteroatoms. The Kier molecular flexibility index (Phi) is 4.81. The minimum absolute atomic E-state index is 0.352. The average molecular weight is 226 g/mol. The molecule has 0 aromatic carbocycles. The van der Waals surface area contributed by atoms with Crippen molar-refractivity contribution in [3.8, 4) is 0 Å². The number of likely N-dealkylation sites (N-methyl/N-ethyl adjacent to an activating group) is 1. The normalized spacial score (nSPS) is 25.3. The molecule has 0 spiro atoms. The molecule has 0 aromatic heterocycles. The largest absolute Gasteiger partial charge is 0.315 e. The van der Waals surface area contributed by atoms with Gasteiger partial charge in [0.15, 0.2) is 0 Å². The number of rotatable bonds is 4. The molecule has 16 heavy (non-hydrogen) atoms. The minimum atomic E-state index is 0.352. The first-order chi connectivity index (χ1) is 7.34. The molecule has 0 aliphatic carbocycles. The molecule has 0 saturated carbocycles. The molecular weight excluding hydrogens is 196 g/mol. The molecule has 1 aliphatic rings. The predicted octanol–water partition coefficient (Wildman–Crippen LogP) is 2.60. The first-order valence-electron chi connectivity index (χ1n) is 6.74. The Morgan fingerprint density at radius 3 is 2.31 bits per heavy atom. The highest BCUT2D eigenvalue weighted by Crippen LogP contribution is 2.26. The monoisotopic (exact) mass is 226 g/mol. The third kappa shape index (κ3) is 3.74. The van der Waals surface area contributed by atoms with Gasteiger partial charge in [0.25, 0.3) is 0 Å². The molecule has 1 fully saturated rings. The second kappa shape index (κ2) is 5.50. The molecule has 1 rings (SSSR count). The molecular formula is C14H30N2. The maximum absolute atomic E-state index is 3.47. The molecule has 0 radical (unpaired) electrons. The Morgan fingerprint density at radius 2 is 1.94 bits per heavy atom. The summed E-state index contributed by atoms with van der Waals surface area (Å²) in [7, 11) is 2.09. The summed E-state index contributed by atoms with van der Waals surface area (Å²) in [5.74, 6) is 1.75. The van der Waals surface area contributed by atoms with Crippen LogP contribution in [0.2, 0.25) is 0 Å². The molecule has 2 atom stereocenters. The fourth-order valence-corrected chi connectivity index (χ4v) is 2.63. The van der Waals surface area contributed by atoms with Crippen molar-refractivity contribution < 1.29 is 0 Å². The molecule has 96 valence electrons. The third-order valence-electron chi connectivity index (χ3n) is 4.09. The molecule has 2 nitrogen and oxygen atoms in total. The summed E-state index contributed by atoms with van der Waals surface area (Å²) in [6.07, 6.45) is 1.39. The first-order valence-corrected chi connectivity index (χ1v) is 6.74. The lowest BCUT2D eigenvalue weighted by Crippen LogP contribution is -2.46. The maximum Gasteiger partial charge on any atom is 0.0240 e. The zero-order valence-corrected chi connectivity index (χ0v) is 12.0. The molecule has 2 unspecified atom stereocenters. The second-order valence-electron chi connectivity index (χ2n) is 6.76. The van der Waals surface area contributed by atoms with Crippen molar-refractivity contribution in [1.82, 2.24) is 10.2 Å². The first kappa shape index (κ1) is 14.0. The van der Waals surface area contributed by atoms with E-state index in [9.17, 15) is 0 Å². The van der Waals surface area contributed by atoms with Gasteiger partial charge in [-0.15, -0.1) is 0 Å². The van der Waals surface area contributed by atoms with Crippen molar-refractivity contribution in [2.24, 2.45) is 17.3 Å². The van der Waals surface area contributed by atoms with E-state index in [0.717, 1.165) is 11.8 Å². The van der Waals surface area contributed by atoms with Crippen LogP contribution < -0.4 is 5.32 Å². The van der Waals surface area contributed by atoms with Gasteiger partial charge in [-0.1, -0.05) is 34.6 Å². The number of nitrogens with one attached hydrogen (secondary N) is 1. The van der Waals surface area contributed by atoms with Gasteiger partial charge < -0.3 is 10.2 Å². The number of nitrogens with zero attached hydrogens (tertiary/aromatic N) is 1.